The van der Waals surface area contributed by atoms with Crippen LogP contribution in [-0.4, -0.2) is 52.7 Å². The zero-order valence-electron chi connectivity index (χ0n) is 14.8. The number of ketones is 1. The Hall–Kier alpha value is -2.01. The SMILES string of the molecule is CC(=O)/C=C/C/N=C1\CC2(CCN(C3CC3)CC2)Oc2cnccc21. The monoisotopic (exact) mass is 339 g/mol. The molecule has 3 heterocycles. The van der Waals surface area contributed by atoms with Gasteiger partial charge in [-0.3, -0.25) is 14.8 Å². The van der Waals surface area contributed by atoms with Crippen molar-refractivity contribution in [3.05, 3.63) is 36.2 Å². The standard InChI is InChI=1S/C20H25N3O2/c1-15(24)3-2-9-22-18-13-20(25-19-14-21-10-6-17(18)19)7-11-23(12-8-20)16-4-5-16/h2-3,6,10,14,16H,4-5,7-9,11-13H2,1H3/b3-2+,22-18+. The molecule has 5 heteroatoms. The lowest BCUT2D eigenvalue weighted by atomic mass is 9.82. The Labute approximate surface area is 148 Å². The smallest absolute Gasteiger partial charge is 0.152 e. The number of carbonyl (C=O) groups is 1. The van der Waals surface area contributed by atoms with Crippen LogP contribution >= 0.6 is 0 Å². The van der Waals surface area contributed by atoms with Gasteiger partial charge in [-0.15, -0.1) is 0 Å². The number of allylic oxidation sites excluding steroid dienone is 1. The van der Waals surface area contributed by atoms with Crippen LogP contribution in [0.15, 0.2) is 35.6 Å². The number of fused-ring (bicyclic) bond motifs is 1. The van der Waals surface area contributed by atoms with E-state index in [4.69, 9.17) is 9.73 Å². The molecule has 1 saturated carbocycles. The molecule has 0 atom stereocenters. The number of hydrogen-bond acceptors (Lipinski definition) is 5. The van der Waals surface area contributed by atoms with Crippen molar-refractivity contribution in [2.24, 2.45) is 4.99 Å². The summed E-state index contributed by atoms with van der Waals surface area (Å²) in [7, 11) is 0. The van der Waals surface area contributed by atoms with Gasteiger partial charge in [-0.05, 0) is 31.9 Å². The van der Waals surface area contributed by atoms with Crippen LogP contribution in [0.4, 0.5) is 0 Å². The molecule has 1 aromatic heterocycles. The molecule has 0 unspecified atom stereocenters. The normalized spacial score (nSPS) is 24.4. The highest BCUT2D eigenvalue weighted by Crippen LogP contribution is 2.41. The quantitative estimate of drug-likeness (QED) is 0.792. The molecule has 3 aliphatic rings. The minimum atomic E-state index is -0.148. The van der Waals surface area contributed by atoms with Crippen LogP contribution in [0.5, 0.6) is 5.75 Å². The summed E-state index contributed by atoms with van der Waals surface area (Å²) in [5.74, 6) is 0.906. The number of piperidine rings is 1. The molecule has 0 aromatic carbocycles. The van der Waals surface area contributed by atoms with Gasteiger partial charge < -0.3 is 9.64 Å². The van der Waals surface area contributed by atoms with Crippen molar-refractivity contribution in [3.63, 3.8) is 0 Å². The highest BCUT2D eigenvalue weighted by atomic mass is 16.5. The van der Waals surface area contributed by atoms with Gasteiger partial charge in [0, 0.05) is 50.2 Å². The summed E-state index contributed by atoms with van der Waals surface area (Å²) in [6, 6.07) is 2.80. The maximum absolute atomic E-state index is 11.1. The third-order valence-corrected chi connectivity index (χ3v) is 5.42. The minimum Gasteiger partial charge on any atom is -0.484 e. The summed E-state index contributed by atoms with van der Waals surface area (Å²) in [5, 5.41) is 0. The second-order valence-electron chi connectivity index (χ2n) is 7.40. The zero-order chi connectivity index (χ0) is 17.3. The maximum atomic E-state index is 11.1. The van der Waals surface area contributed by atoms with Gasteiger partial charge in [0.05, 0.1) is 18.5 Å². The number of ether oxygens (including phenoxy) is 1. The number of aliphatic imine (C=N–C) groups is 1. The summed E-state index contributed by atoms with van der Waals surface area (Å²) in [6.07, 6.45) is 12.7. The molecule has 2 aliphatic heterocycles. The second kappa shape index (κ2) is 6.71. The topological polar surface area (TPSA) is 54.8 Å². The Kier molecular flexibility index (Phi) is 4.42. The number of nitrogens with zero attached hydrogens (tertiary/aromatic N) is 3. The van der Waals surface area contributed by atoms with E-state index in [-0.39, 0.29) is 11.4 Å². The van der Waals surface area contributed by atoms with Gasteiger partial charge in [0.1, 0.15) is 11.4 Å². The fourth-order valence-electron chi connectivity index (χ4n) is 3.91. The lowest BCUT2D eigenvalue weighted by Crippen LogP contribution is -2.51. The number of hydrogen-bond donors (Lipinski definition) is 0. The van der Waals surface area contributed by atoms with E-state index in [1.807, 2.05) is 18.3 Å². The first-order valence-electron chi connectivity index (χ1n) is 9.23. The van der Waals surface area contributed by atoms with Crippen molar-refractivity contribution in [1.82, 2.24) is 9.88 Å². The first-order valence-corrected chi connectivity index (χ1v) is 9.23. The van der Waals surface area contributed by atoms with E-state index in [2.05, 4.69) is 9.88 Å². The number of carbonyl (C=O) groups excluding carboxylic acids is 1. The molecule has 4 rings (SSSR count). The molecular weight excluding hydrogens is 314 g/mol. The van der Waals surface area contributed by atoms with Crippen molar-refractivity contribution in [1.29, 1.82) is 0 Å². The van der Waals surface area contributed by atoms with Crippen LogP contribution in [-0.2, 0) is 4.79 Å². The van der Waals surface area contributed by atoms with Gasteiger partial charge in [-0.25, -0.2) is 0 Å². The lowest BCUT2D eigenvalue weighted by molar-refractivity contribution is -0.112. The average molecular weight is 339 g/mol. The number of pyridine rings is 1. The van der Waals surface area contributed by atoms with E-state index in [0.717, 1.165) is 55.4 Å². The molecule has 0 amide bonds. The van der Waals surface area contributed by atoms with Crippen molar-refractivity contribution in [3.8, 4) is 5.75 Å². The Morgan fingerprint density at radius 3 is 2.96 bits per heavy atom. The molecule has 1 aliphatic carbocycles. The molecule has 132 valence electrons. The van der Waals surface area contributed by atoms with Crippen LogP contribution < -0.4 is 4.74 Å². The molecule has 1 spiro atoms. The first-order chi connectivity index (χ1) is 12.2. The Morgan fingerprint density at radius 1 is 1.44 bits per heavy atom. The largest absolute Gasteiger partial charge is 0.484 e. The van der Waals surface area contributed by atoms with Crippen molar-refractivity contribution >= 4 is 11.5 Å². The molecule has 1 aromatic rings. The van der Waals surface area contributed by atoms with E-state index >= 15 is 0 Å². The summed E-state index contributed by atoms with van der Waals surface area (Å²) in [6.45, 7) is 4.30. The fourth-order valence-corrected chi connectivity index (χ4v) is 3.91. The van der Waals surface area contributed by atoms with E-state index in [9.17, 15) is 4.79 Å². The van der Waals surface area contributed by atoms with Gasteiger partial charge in [-0.1, -0.05) is 6.08 Å². The molecule has 2 fully saturated rings. The third kappa shape index (κ3) is 3.66. The third-order valence-electron chi connectivity index (χ3n) is 5.42. The molecule has 25 heavy (non-hydrogen) atoms. The van der Waals surface area contributed by atoms with Crippen LogP contribution in [0.25, 0.3) is 0 Å². The van der Waals surface area contributed by atoms with E-state index in [0.29, 0.717) is 6.54 Å². The number of aromatic nitrogens is 1. The van der Waals surface area contributed by atoms with E-state index in [1.54, 1.807) is 19.2 Å². The molecule has 0 radical (unpaired) electrons. The van der Waals surface area contributed by atoms with Crippen molar-refractivity contribution in [2.75, 3.05) is 19.6 Å². The van der Waals surface area contributed by atoms with Gasteiger partial charge in [0.25, 0.3) is 0 Å². The van der Waals surface area contributed by atoms with Crippen LogP contribution in [0.2, 0.25) is 0 Å². The summed E-state index contributed by atoms with van der Waals surface area (Å²) < 4.78 is 6.44. The highest BCUT2D eigenvalue weighted by molar-refractivity contribution is 6.04. The average Bonchev–Trinajstić information content (AvgIpc) is 3.44. The maximum Gasteiger partial charge on any atom is 0.152 e. The van der Waals surface area contributed by atoms with Gasteiger partial charge in [-0.2, -0.15) is 0 Å². The molecule has 1 saturated heterocycles. The van der Waals surface area contributed by atoms with Gasteiger partial charge in [0.2, 0.25) is 0 Å². The minimum absolute atomic E-state index is 0.0562. The molecule has 5 nitrogen and oxygen atoms in total. The summed E-state index contributed by atoms with van der Waals surface area (Å²) in [4.78, 5) is 22.7. The molecular formula is C20H25N3O2. The highest BCUT2D eigenvalue weighted by Gasteiger charge is 2.44. The summed E-state index contributed by atoms with van der Waals surface area (Å²) >= 11 is 0. The summed E-state index contributed by atoms with van der Waals surface area (Å²) in [5.41, 5.74) is 1.98. The second-order valence-corrected chi connectivity index (χ2v) is 7.40. The predicted molar refractivity (Wildman–Crippen MR) is 97.3 cm³/mol. The van der Waals surface area contributed by atoms with Crippen LogP contribution in [0, 0.1) is 0 Å². The Balaban J connectivity index is 1.54. The molecule has 0 N–H and O–H groups in total. The van der Waals surface area contributed by atoms with E-state index < -0.39 is 0 Å². The Bertz CT molecular complexity index is 713. The fraction of sp³-hybridized carbons (Fsp3) is 0.550. The lowest BCUT2D eigenvalue weighted by Gasteiger charge is -2.44. The van der Waals surface area contributed by atoms with Crippen molar-refractivity contribution < 1.29 is 9.53 Å². The first kappa shape index (κ1) is 16.5. The number of likely N-dealkylation sites (tertiary alicyclic amines) is 1. The van der Waals surface area contributed by atoms with Gasteiger partial charge in [0.15, 0.2) is 5.78 Å². The molecule has 0 bridgehead atoms. The predicted octanol–water partition coefficient (Wildman–Crippen LogP) is 2.80. The number of rotatable bonds is 4. The van der Waals surface area contributed by atoms with Crippen molar-refractivity contribution in [2.45, 2.75) is 50.7 Å². The van der Waals surface area contributed by atoms with Gasteiger partial charge >= 0.3 is 0 Å². The van der Waals surface area contributed by atoms with Crippen LogP contribution in [0.1, 0.15) is 44.6 Å². The van der Waals surface area contributed by atoms with E-state index in [1.165, 1.54) is 12.8 Å². The van der Waals surface area contributed by atoms with Crippen LogP contribution in [0.3, 0.4) is 0 Å². The Morgan fingerprint density at radius 2 is 2.24 bits per heavy atom. The zero-order valence-corrected chi connectivity index (χ0v) is 14.8.